The molecule has 1 aliphatic heterocycles. The number of rotatable bonds is 6. The first kappa shape index (κ1) is 27.9. The molecule has 2 heterocycles. The van der Waals surface area contributed by atoms with Gasteiger partial charge in [-0.1, -0.05) is 11.6 Å². The molecule has 196 valence electrons. The standard InChI is InChI=1S/C22H19ClN4O4S.CH4O3S/c1-30-15-6-7-16(17(12-15)26-21(29)18-8-9-19(23)32-18)20(28)25-13-2-4-14(5-3-13)27-10-11-31-22(27)24;1-5(2,3)4/h2-9,12,24H,10-11H2,1H3,(H,25,28)(H,26,29);1H3,(H,2,3,4). The van der Waals surface area contributed by atoms with Crippen LogP contribution in [0.15, 0.2) is 54.6 Å². The third-order valence-electron chi connectivity index (χ3n) is 4.75. The highest BCUT2D eigenvalue weighted by atomic mass is 35.5. The summed E-state index contributed by atoms with van der Waals surface area (Å²) in [5, 5.41) is 13.4. The van der Waals surface area contributed by atoms with Crippen LogP contribution < -0.4 is 20.3 Å². The van der Waals surface area contributed by atoms with E-state index in [0.29, 0.717) is 45.7 Å². The van der Waals surface area contributed by atoms with Crippen molar-refractivity contribution in [2.75, 3.05) is 42.1 Å². The van der Waals surface area contributed by atoms with Crippen molar-refractivity contribution in [3.8, 4) is 5.75 Å². The summed E-state index contributed by atoms with van der Waals surface area (Å²) in [7, 11) is -2.16. The predicted octanol–water partition coefficient (Wildman–Crippen LogP) is 4.19. The number of halogens is 1. The van der Waals surface area contributed by atoms with E-state index < -0.39 is 16.0 Å². The Morgan fingerprint density at radius 1 is 1.11 bits per heavy atom. The number of methoxy groups -OCH3 is 1. The second kappa shape index (κ2) is 12.1. The van der Waals surface area contributed by atoms with E-state index in [4.69, 9.17) is 31.0 Å². The van der Waals surface area contributed by atoms with Gasteiger partial charge in [-0.25, -0.2) is 0 Å². The van der Waals surface area contributed by atoms with E-state index in [1.807, 2.05) is 0 Å². The molecule has 0 radical (unpaired) electrons. The minimum absolute atomic E-state index is 0.104. The van der Waals surface area contributed by atoms with E-state index >= 15 is 0 Å². The van der Waals surface area contributed by atoms with Gasteiger partial charge in [-0.15, -0.1) is 11.3 Å². The van der Waals surface area contributed by atoms with Gasteiger partial charge in [-0.3, -0.25) is 24.5 Å². The molecule has 14 heteroatoms. The molecule has 37 heavy (non-hydrogen) atoms. The van der Waals surface area contributed by atoms with Crippen molar-refractivity contribution < 1.29 is 32.0 Å². The molecular formula is C23H23ClN4O7S2. The number of amides is 2. The fourth-order valence-electron chi connectivity index (χ4n) is 3.15. The van der Waals surface area contributed by atoms with E-state index in [0.717, 1.165) is 17.0 Å². The third-order valence-corrected chi connectivity index (χ3v) is 5.98. The fourth-order valence-corrected chi connectivity index (χ4v) is 4.09. The van der Waals surface area contributed by atoms with E-state index in [9.17, 15) is 18.0 Å². The van der Waals surface area contributed by atoms with Crippen LogP contribution in [-0.2, 0) is 14.9 Å². The zero-order valence-corrected chi connectivity index (χ0v) is 22.0. The van der Waals surface area contributed by atoms with Crippen LogP contribution in [0.3, 0.4) is 0 Å². The molecule has 11 nitrogen and oxygen atoms in total. The van der Waals surface area contributed by atoms with Gasteiger partial charge in [-0.05, 0) is 48.5 Å². The van der Waals surface area contributed by atoms with Gasteiger partial charge in [0, 0.05) is 17.4 Å². The smallest absolute Gasteiger partial charge is 0.289 e. The van der Waals surface area contributed by atoms with Crippen LogP contribution in [0.4, 0.5) is 17.1 Å². The SMILES string of the molecule is COc1ccc(C(=O)Nc2ccc(N3CCOC3=N)cc2)c(NC(=O)c2ccc(Cl)s2)c1.CS(=O)(=O)O. The lowest BCUT2D eigenvalue weighted by atomic mass is 10.1. The van der Waals surface area contributed by atoms with Crippen LogP contribution in [-0.4, -0.2) is 57.3 Å². The Balaban J connectivity index is 0.000000695. The minimum Gasteiger partial charge on any atom is -0.497 e. The lowest BCUT2D eigenvalue weighted by Gasteiger charge is -2.16. The number of benzene rings is 2. The van der Waals surface area contributed by atoms with Crippen molar-refractivity contribution in [1.82, 2.24) is 0 Å². The third kappa shape index (κ3) is 8.18. The van der Waals surface area contributed by atoms with Crippen LogP contribution in [0.1, 0.15) is 20.0 Å². The van der Waals surface area contributed by atoms with Crippen molar-refractivity contribution in [2.45, 2.75) is 0 Å². The number of amidine groups is 1. The topological polar surface area (TPSA) is 158 Å². The van der Waals surface area contributed by atoms with Crippen molar-refractivity contribution in [3.63, 3.8) is 0 Å². The number of ether oxygens (including phenoxy) is 2. The molecule has 0 bridgehead atoms. The van der Waals surface area contributed by atoms with E-state index in [-0.39, 0.29) is 17.5 Å². The number of nitrogens with zero attached hydrogens (tertiary/aromatic N) is 1. The molecule has 1 saturated heterocycles. The van der Waals surface area contributed by atoms with Gasteiger partial charge >= 0.3 is 0 Å². The highest BCUT2D eigenvalue weighted by molar-refractivity contribution is 7.85. The monoisotopic (exact) mass is 566 g/mol. The number of thiophene rings is 1. The Kier molecular flexibility index (Phi) is 9.10. The van der Waals surface area contributed by atoms with Crippen molar-refractivity contribution >= 4 is 68.0 Å². The first-order valence-corrected chi connectivity index (χ1v) is 13.6. The van der Waals surface area contributed by atoms with Crippen LogP contribution in [0.5, 0.6) is 5.75 Å². The summed E-state index contributed by atoms with van der Waals surface area (Å²) < 4.78 is 36.8. The second-order valence-electron chi connectivity index (χ2n) is 7.51. The maximum Gasteiger partial charge on any atom is 0.289 e. The van der Waals surface area contributed by atoms with Gasteiger partial charge < -0.3 is 20.1 Å². The molecule has 4 N–H and O–H groups in total. The Morgan fingerprint density at radius 3 is 2.32 bits per heavy atom. The van der Waals surface area contributed by atoms with Gasteiger partial charge in [0.1, 0.15) is 12.4 Å². The number of carbonyl (C=O) groups excluding carboxylic acids is 2. The summed E-state index contributed by atoms with van der Waals surface area (Å²) in [6.07, 6.45) is 0.715. The zero-order valence-electron chi connectivity index (χ0n) is 19.6. The van der Waals surface area contributed by atoms with E-state index in [2.05, 4.69) is 10.6 Å². The first-order chi connectivity index (χ1) is 17.4. The van der Waals surface area contributed by atoms with Gasteiger partial charge in [0.25, 0.3) is 28.0 Å². The van der Waals surface area contributed by atoms with Crippen LogP contribution in [0.25, 0.3) is 0 Å². The quantitative estimate of drug-likeness (QED) is 0.323. The molecule has 2 aromatic carbocycles. The van der Waals surface area contributed by atoms with Crippen molar-refractivity contribution in [1.29, 1.82) is 5.41 Å². The summed E-state index contributed by atoms with van der Waals surface area (Å²) in [6, 6.07) is 15.3. The highest BCUT2D eigenvalue weighted by Crippen LogP contribution is 2.27. The largest absolute Gasteiger partial charge is 0.497 e. The van der Waals surface area contributed by atoms with Crippen LogP contribution in [0, 0.1) is 5.41 Å². The molecule has 0 aliphatic carbocycles. The molecule has 0 atom stereocenters. The van der Waals surface area contributed by atoms with Crippen molar-refractivity contribution in [3.05, 3.63) is 69.4 Å². The van der Waals surface area contributed by atoms with Gasteiger partial charge in [0.05, 0.1) is 40.4 Å². The molecular weight excluding hydrogens is 544 g/mol. The summed E-state index contributed by atoms with van der Waals surface area (Å²) >= 11 is 7.07. The molecule has 3 aromatic rings. The molecule has 0 spiro atoms. The van der Waals surface area contributed by atoms with Gasteiger partial charge in [0.15, 0.2) is 0 Å². The number of hydrogen-bond donors (Lipinski definition) is 4. The Hall–Kier alpha value is -3.65. The van der Waals surface area contributed by atoms with Gasteiger partial charge in [0.2, 0.25) is 0 Å². The lowest BCUT2D eigenvalue weighted by molar-refractivity contribution is 0.102. The molecule has 1 fully saturated rings. The number of anilines is 3. The lowest BCUT2D eigenvalue weighted by Crippen LogP contribution is -2.23. The zero-order chi connectivity index (χ0) is 27.2. The van der Waals surface area contributed by atoms with Crippen LogP contribution in [0.2, 0.25) is 4.34 Å². The first-order valence-electron chi connectivity index (χ1n) is 10.5. The molecule has 1 aromatic heterocycles. The molecule has 0 unspecified atom stereocenters. The predicted molar refractivity (Wildman–Crippen MR) is 143 cm³/mol. The number of carbonyl (C=O) groups is 2. The number of nitrogens with one attached hydrogen (secondary N) is 3. The fraction of sp³-hybridized carbons (Fsp3) is 0.174. The molecule has 1 aliphatic rings. The van der Waals surface area contributed by atoms with E-state index in [1.54, 1.807) is 59.5 Å². The maximum absolute atomic E-state index is 13.0. The molecule has 4 rings (SSSR count). The molecule has 0 saturated carbocycles. The Morgan fingerprint density at radius 2 is 1.78 bits per heavy atom. The average molecular weight is 567 g/mol. The normalized spacial score (nSPS) is 12.8. The van der Waals surface area contributed by atoms with Crippen molar-refractivity contribution in [2.24, 2.45) is 0 Å². The summed E-state index contributed by atoms with van der Waals surface area (Å²) in [4.78, 5) is 27.7. The summed E-state index contributed by atoms with van der Waals surface area (Å²) in [5.74, 6) is -0.262. The molecule has 2 amide bonds. The minimum atomic E-state index is -3.67. The van der Waals surface area contributed by atoms with Crippen LogP contribution >= 0.6 is 22.9 Å². The second-order valence-corrected chi connectivity index (χ2v) is 10.7. The average Bonchev–Trinajstić information content (AvgIpc) is 3.46. The summed E-state index contributed by atoms with van der Waals surface area (Å²) in [6.45, 7) is 1.08. The summed E-state index contributed by atoms with van der Waals surface area (Å²) in [5.41, 5.74) is 1.97. The van der Waals surface area contributed by atoms with E-state index in [1.165, 1.54) is 7.11 Å². The maximum atomic E-state index is 13.0. The van der Waals surface area contributed by atoms with Gasteiger partial charge in [-0.2, -0.15) is 8.42 Å². The number of hydrogen-bond acceptors (Lipinski definition) is 8. The highest BCUT2D eigenvalue weighted by Gasteiger charge is 2.20. The Bertz CT molecular complexity index is 1400. The Labute approximate surface area is 222 Å².